The summed E-state index contributed by atoms with van der Waals surface area (Å²) < 4.78 is 0. The zero-order valence-electron chi connectivity index (χ0n) is 14.3. The van der Waals surface area contributed by atoms with Crippen LogP contribution in [0, 0.1) is 11.8 Å². The summed E-state index contributed by atoms with van der Waals surface area (Å²) >= 11 is 5.95. The van der Waals surface area contributed by atoms with Gasteiger partial charge in [-0.15, -0.1) is 12.4 Å². The molecule has 3 rings (SSSR count). The second-order valence-corrected chi connectivity index (χ2v) is 7.60. The van der Waals surface area contributed by atoms with Crippen molar-refractivity contribution in [1.82, 2.24) is 10.2 Å². The summed E-state index contributed by atoms with van der Waals surface area (Å²) in [6.07, 6.45) is 5.47. The average molecular weight is 371 g/mol. The van der Waals surface area contributed by atoms with Crippen molar-refractivity contribution in [3.63, 3.8) is 0 Å². The fourth-order valence-corrected chi connectivity index (χ4v) is 3.64. The minimum Gasteiger partial charge on any atom is -0.335 e. The van der Waals surface area contributed by atoms with Crippen LogP contribution in [0.3, 0.4) is 0 Å². The van der Waals surface area contributed by atoms with Gasteiger partial charge in [0.15, 0.2) is 0 Å². The fraction of sp³-hybridized carbons (Fsp3) is 0.632. The van der Waals surface area contributed by atoms with E-state index in [-0.39, 0.29) is 12.4 Å². The first kappa shape index (κ1) is 19.6. The highest BCUT2D eigenvalue weighted by molar-refractivity contribution is 6.30. The molecule has 1 aliphatic heterocycles. The Morgan fingerprint density at radius 1 is 1.29 bits per heavy atom. The number of carbonyl (C=O) groups excluding carboxylic acids is 1. The smallest absolute Gasteiger partial charge is 0.223 e. The topological polar surface area (TPSA) is 32.3 Å². The van der Waals surface area contributed by atoms with Crippen LogP contribution >= 0.6 is 24.0 Å². The monoisotopic (exact) mass is 370 g/mol. The summed E-state index contributed by atoms with van der Waals surface area (Å²) in [5.41, 5.74) is 1.17. The zero-order chi connectivity index (χ0) is 16.2. The van der Waals surface area contributed by atoms with Crippen LogP contribution in [-0.4, -0.2) is 29.9 Å². The molecular weight excluding hydrogens is 343 g/mol. The largest absolute Gasteiger partial charge is 0.335 e. The van der Waals surface area contributed by atoms with Crippen molar-refractivity contribution in [2.45, 2.75) is 51.6 Å². The lowest BCUT2D eigenvalue weighted by Crippen LogP contribution is -2.37. The van der Waals surface area contributed by atoms with Crippen LogP contribution in [0.15, 0.2) is 24.3 Å². The number of nitrogens with zero attached hydrogens (tertiary/aromatic N) is 1. The molecule has 1 aromatic carbocycles. The highest BCUT2D eigenvalue weighted by Crippen LogP contribution is 2.31. The number of benzene rings is 1. The first-order chi connectivity index (χ1) is 11.1. The van der Waals surface area contributed by atoms with Crippen molar-refractivity contribution in [1.29, 1.82) is 0 Å². The summed E-state index contributed by atoms with van der Waals surface area (Å²) in [7, 11) is 0. The highest BCUT2D eigenvalue weighted by atomic mass is 35.5. The van der Waals surface area contributed by atoms with E-state index in [1.807, 2.05) is 24.3 Å². The summed E-state index contributed by atoms with van der Waals surface area (Å²) in [6.45, 7) is 5.15. The maximum atomic E-state index is 12.8. The second kappa shape index (κ2) is 9.07. The average Bonchev–Trinajstić information content (AvgIpc) is 3.39. The van der Waals surface area contributed by atoms with Crippen molar-refractivity contribution in [3.05, 3.63) is 34.9 Å². The lowest BCUT2D eigenvalue weighted by molar-refractivity contribution is -0.133. The van der Waals surface area contributed by atoms with Crippen molar-refractivity contribution >= 4 is 29.9 Å². The van der Waals surface area contributed by atoms with Crippen LogP contribution in [0.5, 0.6) is 0 Å². The Morgan fingerprint density at radius 2 is 2.00 bits per heavy atom. The van der Waals surface area contributed by atoms with Crippen LogP contribution in [-0.2, 0) is 11.3 Å². The Morgan fingerprint density at radius 3 is 2.58 bits per heavy atom. The molecular formula is C19H28Cl2N2O. The van der Waals surface area contributed by atoms with E-state index >= 15 is 0 Å². The van der Waals surface area contributed by atoms with E-state index in [1.54, 1.807) is 0 Å². The van der Waals surface area contributed by atoms with E-state index in [0.29, 0.717) is 30.2 Å². The van der Waals surface area contributed by atoms with Gasteiger partial charge in [-0.25, -0.2) is 0 Å². The molecule has 5 heteroatoms. The molecule has 1 heterocycles. The van der Waals surface area contributed by atoms with Gasteiger partial charge in [-0.3, -0.25) is 4.79 Å². The molecule has 2 fully saturated rings. The molecule has 0 radical (unpaired) electrons. The summed E-state index contributed by atoms with van der Waals surface area (Å²) in [5.74, 6) is 1.42. The van der Waals surface area contributed by atoms with E-state index in [1.165, 1.54) is 18.4 Å². The van der Waals surface area contributed by atoms with Crippen LogP contribution in [0.2, 0.25) is 5.02 Å². The maximum absolute atomic E-state index is 12.8. The van der Waals surface area contributed by atoms with Gasteiger partial charge in [-0.1, -0.05) is 30.7 Å². The maximum Gasteiger partial charge on any atom is 0.223 e. The van der Waals surface area contributed by atoms with Gasteiger partial charge < -0.3 is 10.2 Å². The van der Waals surface area contributed by atoms with Crippen molar-refractivity contribution in [2.24, 2.45) is 11.8 Å². The normalized spacial score (nSPS) is 21.7. The summed E-state index contributed by atoms with van der Waals surface area (Å²) in [6, 6.07) is 8.32. The van der Waals surface area contributed by atoms with Crippen LogP contribution in [0.1, 0.15) is 44.6 Å². The fourth-order valence-electron chi connectivity index (χ4n) is 3.52. The van der Waals surface area contributed by atoms with E-state index < -0.39 is 0 Å². The Balaban J connectivity index is 0.00000208. The lowest BCUT2D eigenvalue weighted by atomic mass is 9.85. The van der Waals surface area contributed by atoms with Crippen molar-refractivity contribution in [2.75, 3.05) is 13.1 Å². The molecule has 1 saturated carbocycles. The SMILES string of the molecule is CC(CC(=O)N(Cc1ccc(Cl)cc1)C1CC1)C1CCCNC1.Cl. The van der Waals surface area contributed by atoms with E-state index in [9.17, 15) is 4.79 Å². The number of hydrogen-bond donors (Lipinski definition) is 1. The quantitative estimate of drug-likeness (QED) is 0.810. The molecule has 3 nitrogen and oxygen atoms in total. The number of hydrogen-bond acceptors (Lipinski definition) is 2. The number of piperidine rings is 1. The van der Waals surface area contributed by atoms with Gasteiger partial charge in [-0.2, -0.15) is 0 Å². The van der Waals surface area contributed by atoms with Crippen LogP contribution in [0.4, 0.5) is 0 Å². The van der Waals surface area contributed by atoms with Gasteiger partial charge >= 0.3 is 0 Å². The van der Waals surface area contributed by atoms with Crippen LogP contribution in [0.25, 0.3) is 0 Å². The van der Waals surface area contributed by atoms with Gasteiger partial charge in [0, 0.05) is 24.0 Å². The van der Waals surface area contributed by atoms with Gasteiger partial charge in [0.1, 0.15) is 0 Å². The predicted octanol–water partition coefficient (Wildman–Crippen LogP) is 4.28. The Bertz CT molecular complexity index is 525. The molecule has 0 bridgehead atoms. The third-order valence-electron chi connectivity index (χ3n) is 5.21. The molecule has 2 atom stereocenters. The number of nitrogens with one attached hydrogen (secondary N) is 1. The first-order valence-electron chi connectivity index (χ1n) is 8.88. The minimum atomic E-state index is 0. The lowest BCUT2D eigenvalue weighted by Gasteiger charge is -2.30. The number of carbonyl (C=O) groups is 1. The third-order valence-corrected chi connectivity index (χ3v) is 5.46. The van der Waals surface area contributed by atoms with Crippen molar-refractivity contribution in [3.8, 4) is 0 Å². The van der Waals surface area contributed by atoms with Gasteiger partial charge in [-0.05, 0) is 68.3 Å². The van der Waals surface area contributed by atoms with Crippen LogP contribution < -0.4 is 5.32 Å². The Kier molecular flexibility index (Phi) is 7.39. The second-order valence-electron chi connectivity index (χ2n) is 7.17. The first-order valence-corrected chi connectivity index (χ1v) is 9.26. The predicted molar refractivity (Wildman–Crippen MR) is 102 cm³/mol. The summed E-state index contributed by atoms with van der Waals surface area (Å²) in [5, 5.41) is 4.21. The molecule has 1 aliphatic carbocycles. The Hall–Kier alpha value is -0.770. The minimum absolute atomic E-state index is 0. The van der Waals surface area contributed by atoms with E-state index in [2.05, 4.69) is 17.1 Å². The zero-order valence-corrected chi connectivity index (χ0v) is 15.9. The molecule has 24 heavy (non-hydrogen) atoms. The van der Waals surface area contributed by atoms with Gasteiger partial charge in [0.05, 0.1) is 0 Å². The highest BCUT2D eigenvalue weighted by Gasteiger charge is 2.33. The van der Waals surface area contributed by atoms with E-state index in [4.69, 9.17) is 11.6 Å². The molecule has 1 aromatic rings. The molecule has 0 aromatic heterocycles. The molecule has 134 valence electrons. The molecule has 1 N–H and O–H groups in total. The molecule has 1 saturated heterocycles. The summed E-state index contributed by atoms with van der Waals surface area (Å²) in [4.78, 5) is 14.9. The number of amides is 1. The third kappa shape index (κ3) is 5.37. The number of halogens is 2. The molecule has 0 spiro atoms. The van der Waals surface area contributed by atoms with Gasteiger partial charge in [0.2, 0.25) is 5.91 Å². The molecule has 1 amide bonds. The molecule has 2 unspecified atom stereocenters. The number of rotatable bonds is 6. The Labute approximate surface area is 156 Å². The standard InChI is InChI=1S/C19H27ClN2O.ClH/c1-14(16-3-2-10-21-12-16)11-19(23)22(18-8-9-18)13-15-4-6-17(20)7-5-15;/h4-7,14,16,18,21H,2-3,8-13H2,1H3;1H. The van der Waals surface area contributed by atoms with E-state index in [0.717, 1.165) is 37.5 Å². The van der Waals surface area contributed by atoms with Gasteiger partial charge in [0.25, 0.3) is 0 Å². The molecule has 2 aliphatic rings. The van der Waals surface area contributed by atoms with Crippen molar-refractivity contribution < 1.29 is 4.79 Å².